The van der Waals surface area contributed by atoms with Crippen molar-refractivity contribution in [1.29, 1.82) is 0 Å². The van der Waals surface area contributed by atoms with Gasteiger partial charge in [0, 0.05) is 25.2 Å². The first-order chi connectivity index (χ1) is 11.3. The van der Waals surface area contributed by atoms with Gasteiger partial charge in [-0.3, -0.25) is 0 Å². The van der Waals surface area contributed by atoms with E-state index in [4.69, 9.17) is 0 Å². The minimum Gasteiger partial charge on any atom is -0.389 e. The predicted octanol–water partition coefficient (Wildman–Crippen LogP) is 4.68. The molecule has 3 atom stereocenters. The number of likely N-dealkylation sites (N-methyl/N-ethyl adjacent to an activating group) is 1. The summed E-state index contributed by atoms with van der Waals surface area (Å²) < 4.78 is 0. The van der Waals surface area contributed by atoms with Crippen LogP contribution >= 0.6 is 0 Å². The summed E-state index contributed by atoms with van der Waals surface area (Å²) in [6, 6.07) is 10.7. The molecule has 1 aliphatic carbocycles. The topological polar surface area (TPSA) is 23.5 Å². The Kier molecular flexibility index (Phi) is 5.71. The van der Waals surface area contributed by atoms with E-state index in [9.17, 15) is 5.11 Å². The number of rotatable bonds is 5. The number of hydrogen-bond donors (Lipinski definition) is 1. The lowest BCUT2D eigenvalue weighted by molar-refractivity contribution is 0.219. The van der Waals surface area contributed by atoms with Gasteiger partial charge in [0.05, 0.1) is 6.10 Å². The molecule has 0 aliphatic heterocycles. The third-order valence-electron chi connectivity index (χ3n) is 5.41. The number of aliphatic hydroxyl groups excluding tert-OH is 1. The Morgan fingerprint density at radius 1 is 1.25 bits per heavy atom. The number of aliphatic hydroxyl groups is 1. The van der Waals surface area contributed by atoms with Crippen molar-refractivity contribution >= 4 is 0 Å². The maximum atomic E-state index is 9.95. The first-order valence-corrected chi connectivity index (χ1v) is 8.84. The van der Waals surface area contributed by atoms with Gasteiger partial charge in [0.2, 0.25) is 0 Å². The van der Waals surface area contributed by atoms with Gasteiger partial charge in [-0.2, -0.15) is 0 Å². The Morgan fingerprint density at radius 3 is 2.42 bits per heavy atom. The molecule has 3 unspecified atom stereocenters. The highest BCUT2D eigenvalue weighted by Crippen LogP contribution is 2.45. The maximum absolute atomic E-state index is 9.95. The van der Waals surface area contributed by atoms with Crippen molar-refractivity contribution in [3.05, 3.63) is 71.0 Å². The molecule has 0 amide bonds. The van der Waals surface area contributed by atoms with Crippen LogP contribution in [0.15, 0.2) is 65.4 Å². The predicted molar refractivity (Wildman–Crippen MR) is 103 cm³/mol. The molecule has 0 saturated carbocycles. The van der Waals surface area contributed by atoms with Crippen molar-refractivity contribution in [2.75, 3.05) is 14.1 Å². The van der Waals surface area contributed by atoms with Crippen LogP contribution in [0.1, 0.15) is 39.7 Å². The Hall–Kier alpha value is -1.80. The van der Waals surface area contributed by atoms with E-state index in [-0.39, 0.29) is 11.5 Å². The number of allylic oxidation sites excluding steroid dienone is 4. The van der Waals surface area contributed by atoms with Crippen molar-refractivity contribution in [3.8, 4) is 0 Å². The molecule has 0 saturated heterocycles. The Morgan fingerprint density at radius 2 is 1.88 bits per heavy atom. The highest BCUT2D eigenvalue weighted by atomic mass is 16.3. The van der Waals surface area contributed by atoms with Crippen LogP contribution in [0.5, 0.6) is 0 Å². The quantitative estimate of drug-likeness (QED) is 0.849. The van der Waals surface area contributed by atoms with E-state index in [1.54, 1.807) is 0 Å². The Labute approximate surface area is 147 Å². The van der Waals surface area contributed by atoms with E-state index in [2.05, 4.69) is 82.3 Å². The summed E-state index contributed by atoms with van der Waals surface area (Å²) in [4.78, 5) is 2.19. The molecule has 0 aromatic heterocycles. The fourth-order valence-corrected chi connectivity index (χ4v) is 3.53. The molecule has 2 heteroatoms. The van der Waals surface area contributed by atoms with Gasteiger partial charge in [-0.25, -0.2) is 0 Å². The minimum absolute atomic E-state index is 0.0722. The molecule has 1 aromatic rings. The van der Waals surface area contributed by atoms with E-state index in [0.29, 0.717) is 5.92 Å². The van der Waals surface area contributed by atoms with Gasteiger partial charge in [0.1, 0.15) is 0 Å². The third-order valence-corrected chi connectivity index (χ3v) is 5.41. The zero-order valence-corrected chi connectivity index (χ0v) is 15.9. The summed E-state index contributed by atoms with van der Waals surface area (Å²) in [5.74, 6) is 0.337. The summed E-state index contributed by atoms with van der Waals surface area (Å²) in [6.07, 6.45) is 6.82. The van der Waals surface area contributed by atoms with Crippen LogP contribution in [0.25, 0.3) is 0 Å². The minimum atomic E-state index is -0.380. The fraction of sp³-hybridized carbons (Fsp3) is 0.455. The van der Waals surface area contributed by atoms with E-state index in [1.807, 2.05) is 13.0 Å². The fourth-order valence-electron chi connectivity index (χ4n) is 3.53. The molecule has 0 fully saturated rings. The van der Waals surface area contributed by atoms with Crippen LogP contribution in [-0.4, -0.2) is 30.2 Å². The van der Waals surface area contributed by atoms with Gasteiger partial charge in [-0.05, 0) is 42.0 Å². The van der Waals surface area contributed by atoms with E-state index in [1.165, 1.54) is 22.4 Å². The second kappa shape index (κ2) is 7.40. The molecular weight excluding hydrogens is 294 g/mol. The highest BCUT2D eigenvalue weighted by Gasteiger charge is 2.37. The molecule has 0 radical (unpaired) electrons. The molecule has 1 aromatic carbocycles. The van der Waals surface area contributed by atoms with Crippen molar-refractivity contribution in [1.82, 2.24) is 4.90 Å². The van der Waals surface area contributed by atoms with Gasteiger partial charge < -0.3 is 10.0 Å². The van der Waals surface area contributed by atoms with Gasteiger partial charge in [-0.1, -0.05) is 63.3 Å². The summed E-state index contributed by atoms with van der Waals surface area (Å²) in [7, 11) is 4.19. The van der Waals surface area contributed by atoms with Gasteiger partial charge in [-0.15, -0.1) is 0 Å². The molecule has 0 bridgehead atoms. The van der Waals surface area contributed by atoms with Crippen LogP contribution in [0.4, 0.5) is 0 Å². The van der Waals surface area contributed by atoms with E-state index < -0.39 is 0 Å². The standard InChI is InChI=1S/C22H31NO/c1-7-19(24)13-14-20-16(2)21(23(5)6)15-22(4,17(20)3)18-11-9-8-10-12-18/h8-15,17,19,24H,7H2,1-6H3. The lowest BCUT2D eigenvalue weighted by Gasteiger charge is -2.41. The van der Waals surface area contributed by atoms with Crippen molar-refractivity contribution in [3.63, 3.8) is 0 Å². The largest absolute Gasteiger partial charge is 0.389 e. The lowest BCUT2D eigenvalue weighted by Crippen LogP contribution is -2.35. The monoisotopic (exact) mass is 325 g/mol. The molecule has 0 heterocycles. The molecule has 1 N–H and O–H groups in total. The average Bonchev–Trinajstić information content (AvgIpc) is 2.58. The van der Waals surface area contributed by atoms with Crippen LogP contribution in [0.2, 0.25) is 0 Å². The van der Waals surface area contributed by atoms with Gasteiger partial charge in [0.25, 0.3) is 0 Å². The van der Waals surface area contributed by atoms with Crippen LogP contribution < -0.4 is 0 Å². The molecule has 2 rings (SSSR count). The average molecular weight is 325 g/mol. The number of nitrogens with zero attached hydrogens (tertiary/aromatic N) is 1. The maximum Gasteiger partial charge on any atom is 0.0721 e. The first-order valence-electron chi connectivity index (χ1n) is 8.84. The van der Waals surface area contributed by atoms with Gasteiger partial charge in [0.15, 0.2) is 0 Å². The molecular formula is C22H31NO. The molecule has 130 valence electrons. The molecule has 24 heavy (non-hydrogen) atoms. The smallest absolute Gasteiger partial charge is 0.0721 e. The normalized spacial score (nSPS) is 25.8. The molecule has 2 nitrogen and oxygen atoms in total. The van der Waals surface area contributed by atoms with Crippen molar-refractivity contribution < 1.29 is 5.11 Å². The number of hydrogen-bond acceptors (Lipinski definition) is 2. The van der Waals surface area contributed by atoms with Crippen LogP contribution in [-0.2, 0) is 5.41 Å². The lowest BCUT2D eigenvalue weighted by atomic mass is 9.65. The summed E-state index contributed by atoms with van der Waals surface area (Å²) >= 11 is 0. The van der Waals surface area contributed by atoms with E-state index >= 15 is 0 Å². The Balaban J connectivity index is 2.56. The summed E-state index contributed by atoms with van der Waals surface area (Å²) in [6.45, 7) is 8.79. The van der Waals surface area contributed by atoms with Crippen molar-refractivity contribution in [2.45, 2.75) is 45.6 Å². The summed E-state index contributed by atoms with van der Waals surface area (Å²) in [5, 5.41) is 9.95. The summed E-state index contributed by atoms with van der Waals surface area (Å²) in [5.41, 5.74) is 5.11. The molecule has 0 spiro atoms. The number of benzene rings is 1. The van der Waals surface area contributed by atoms with E-state index in [0.717, 1.165) is 6.42 Å². The highest BCUT2D eigenvalue weighted by molar-refractivity contribution is 5.50. The Bertz CT molecular complexity index is 654. The zero-order chi connectivity index (χ0) is 17.9. The SMILES string of the molecule is CCC(O)C=CC1=C(C)C(N(C)C)=CC(C)(c2ccccc2)C1C. The van der Waals surface area contributed by atoms with Crippen molar-refractivity contribution in [2.24, 2.45) is 5.92 Å². The van der Waals surface area contributed by atoms with Crippen LogP contribution in [0.3, 0.4) is 0 Å². The van der Waals surface area contributed by atoms with Gasteiger partial charge >= 0.3 is 0 Å². The molecule has 1 aliphatic rings. The van der Waals surface area contributed by atoms with Crippen LogP contribution in [0, 0.1) is 5.92 Å². The first kappa shape index (κ1) is 18.5. The third kappa shape index (κ3) is 3.49. The second-order valence-electron chi connectivity index (χ2n) is 7.21. The second-order valence-corrected chi connectivity index (χ2v) is 7.21. The zero-order valence-electron chi connectivity index (χ0n) is 15.9.